The molecule has 1 heterocycles. The van der Waals surface area contributed by atoms with Gasteiger partial charge in [-0.2, -0.15) is 8.78 Å². The highest BCUT2D eigenvalue weighted by Crippen LogP contribution is 2.40. The number of ether oxygens (including phenoxy) is 2. The predicted octanol–water partition coefficient (Wildman–Crippen LogP) is 4.05. The van der Waals surface area contributed by atoms with Crippen LogP contribution in [0, 0.1) is 0 Å². The highest BCUT2D eigenvalue weighted by molar-refractivity contribution is 5.57. The van der Waals surface area contributed by atoms with Crippen LogP contribution in [0.15, 0.2) is 24.3 Å². The highest BCUT2D eigenvalue weighted by Gasteiger charge is 2.46. The summed E-state index contributed by atoms with van der Waals surface area (Å²) in [6.45, 7) is 5.21. The molecule has 0 aromatic heterocycles. The van der Waals surface area contributed by atoms with Gasteiger partial charge in [0.2, 0.25) is 0 Å². The predicted molar refractivity (Wildman–Crippen MR) is 74.3 cm³/mol. The minimum atomic E-state index is -2.83. The van der Waals surface area contributed by atoms with Crippen LogP contribution in [0.25, 0.3) is 0 Å². The van der Waals surface area contributed by atoms with Crippen LogP contribution in [0.4, 0.5) is 14.5 Å². The fourth-order valence-electron chi connectivity index (χ4n) is 2.76. The molecule has 1 N–H and O–H groups in total. The van der Waals surface area contributed by atoms with E-state index in [0.717, 1.165) is 6.42 Å². The topological polar surface area (TPSA) is 30.5 Å². The first-order chi connectivity index (χ1) is 9.20. The number of nitrogens with one attached hydrogen (secondary N) is 1. The van der Waals surface area contributed by atoms with E-state index in [1.54, 1.807) is 18.2 Å². The van der Waals surface area contributed by atoms with Gasteiger partial charge >= 0.3 is 6.61 Å². The monoisotopic (exact) mass is 285 g/mol. The molecule has 1 aliphatic heterocycles. The Hall–Kier alpha value is -1.36. The van der Waals surface area contributed by atoms with Crippen LogP contribution in [0.5, 0.6) is 5.75 Å². The Balaban J connectivity index is 2.18. The second kappa shape index (κ2) is 5.20. The number of para-hydroxylation sites is 2. The van der Waals surface area contributed by atoms with Gasteiger partial charge < -0.3 is 14.8 Å². The second-order valence-corrected chi connectivity index (χ2v) is 6.24. The van der Waals surface area contributed by atoms with Crippen molar-refractivity contribution in [3.05, 3.63) is 24.3 Å². The zero-order chi connectivity index (χ0) is 15.0. The lowest BCUT2D eigenvalue weighted by Gasteiger charge is -2.28. The van der Waals surface area contributed by atoms with Gasteiger partial charge in [-0.3, -0.25) is 0 Å². The Morgan fingerprint density at radius 2 is 1.90 bits per heavy atom. The third-order valence-electron chi connectivity index (χ3n) is 3.51. The van der Waals surface area contributed by atoms with E-state index in [9.17, 15) is 8.78 Å². The number of rotatable bonds is 4. The summed E-state index contributed by atoms with van der Waals surface area (Å²) in [5.41, 5.74) is -0.0478. The molecule has 0 radical (unpaired) electrons. The second-order valence-electron chi connectivity index (χ2n) is 6.24. The lowest BCUT2D eigenvalue weighted by Crippen LogP contribution is -2.38. The van der Waals surface area contributed by atoms with E-state index < -0.39 is 6.61 Å². The summed E-state index contributed by atoms with van der Waals surface area (Å²) < 4.78 is 35.4. The van der Waals surface area contributed by atoms with Gasteiger partial charge in [0.1, 0.15) is 5.75 Å². The van der Waals surface area contributed by atoms with E-state index in [2.05, 4.69) is 10.1 Å². The van der Waals surface area contributed by atoms with Gasteiger partial charge in [0.15, 0.2) is 0 Å². The smallest absolute Gasteiger partial charge is 0.387 e. The van der Waals surface area contributed by atoms with Crippen molar-refractivity contribution in [2.75, 3.05) is 5.32 Å². The summed E-state index contributed by atoms with van der Waals surface area (Å²) in [4.78, 5) is 0. The minimum Gasteiger partial charge on any atom is -0.433 e. The van der Waals surface area contributed by atoms with Crippen LogP contribution in [0.3, 0.4) is 0 Å². The summed E-state index contributed by atoms with van der Waals surface area (Å²) >= 11 is 0. The normalized spacial score (nSPS) is 23.9. The molecule has 20 heavy (non-hydrogen) atoms. The van der Waals surface area contributed by atoms with Crippen molar-refractivity contribution in [3.8, 4) is 5.75 Å². The molecule has 5 heteroatoms. The van der Waals surface area contributed by atoms with Gasteiger partial charge in [0.25, 0.3) is 0 Å². The van der Waals surface area contributed by atoms with Crippen molar-refractivity contribution < 1.29 is 18.3 Å². The first-order valence-electron chi connectivity index (χ1n) is 6.70. The molecule has 1 fully saturated rings. The number of halogens is 2. The third-order valence-corrected chi connectivity index (χ3v) is 3.51. The Labute approximate surface area is 118 Å². The molecule has 1 atom stereocenters. The molecule has 1 saturated heterocycles. The summed E-state index contributed by atoms with van der Waals surface area (Å²) in [5.74, 6) is 0.156. The van der Waals surface area contributed by atoms with E-state index >= 15 is 0 Å². The van der Waals surface area contributed by atoms with Crippen molar-refractivity contribution in [1.82, 2.24) is 0 Å². The molecule has 1 aromatic carbocycles. The quantitative estimate of drug-likeness (QED) is 0.905. The molecule has 1 unspecified atom stereocenters. The lowest BCUT2D eigenvalue weighted by molar-refractivity contribution is -0.0663. The Morgan fingerprint density at radius 1 is 1.25 bits per heavy atom. The maximum Gasteiger partial charge on any atom is 0.387 e. The average molecular weight is 285 g/mol. The molecule has 0 spiro atoms. The molecule has 0 saturated carbocycles. The fourth-order valence-corrected chi connectivity index (χ4v) is 2.76. The van der Waals surface area contributed by atoms with Gasteiger partial charge in [-0.15, -0.1) is 0 Å². The van der Waals surface area contributed by atoms with Crippen molar-refractivity contribution >= 4 is 5.69 Å². The number of alkyl halides is 2. The molecule has 112 valence electrons. The number of hydrogen-bond acceptors (Lipinski definition) is 3. The number of anilines is 1. The van der Waals surface area contributed by atoms with Crippen LogP contribution < -0.4 is 10.1 Å². The summed E-state index contributed by atoms with van der Waals surface area (Å²) in [5, 5.41) is 3.28. The van der Waals surface area contributed by atoms with Gasteiger partial charge in [-0.1, -0.05) is 12.1 Å². The molecule has 3 nitrogen and oxygen atoms in total. The Bertz CT molecular complexity index is 475. The van der Waals surface area contributed by atoms with Crippen LogP contribution in [-0.4, -0.2) is 23.9 Å². The van der Waals surface area contributed by atoms with Gasteiger partial charge in [0, 0.05) is 0 Å². The first-order valence-corrected chi connectivity index (χ1v) is 6.70. The van der Waals surface area contributed by atoms with E-state index in [-0.39, 0.29) is 23.0 Å². The summed E-state index contributed by atoms with van der Waals surface area (Å²) in [6, 6.07) is 6.75. The van der Waals surface area contributed by atoms with Crippen LogP contribution in [-0.2, 0) is 4.74 Å². The summed E-state index contributed by atoms with van der Waals surface area (Å²) in [7, 11) is 0. The maximum atomic E-state index is 12.4. The van der Waals surface area contributed by atoms with E-state index in [1.807, 2.05) is 27.7 Å². The Morgan fingerprint density at radius 3 is 2.45 bits per heavy atom. The third kappa shape index (κ3) is 3.39. The SMILES string of the molecule is CC1(C)CC(Nc2ccccc2OC(F)F)C(C)(C)O1. The van der Waals surface area contributed by atoms with E-state index in [1.165, 1.54) is 6.07 Å². The van der Waals surface area contributed by atoms with E-state index in [4.69, 9.17) is 4.74 Å². The standard InChI is InChI=1S/C15H21F2NO2/c1-14(2)9-12(15(3,4)20-14)18-10-7-5-6-8-11(10)19-13(16)17/h5-8,12-13,18H,9H2,1-4H3. The molecule has 0 amide bonds. The zero-order valence-electron chi connectivity index (χ0n) is 12.2. The lowest BCUT2D eigenvalue weighted by atomic mass is 9.94. The van der Waals surface area contributed by atoms with Crippen molar-refractivity contribution in [1.29, 1.82) is 0 Å². The molecular weight excluding hydrogens is 264 g/mol. The van der Waals surface area contributed by atoms with Crippen molar-refractivity contribution in [2.45, 2.75) is 58.0 Å². The van der Waals surface area contributed by atoms with Crippen LogP contribution in [0.2, 0.25) is 0 Å². The van der Waals surface area contributed by atoms with Crippen LogP contribution >= 0.6 is 0 Å². The van der Waals surface area contributed by atoms with Gasteiger partial charge in [0.05, 0.1) is 22.9 Å². The van der Waals surface area contributed by atoms with E-state index in [0.29, 0.717) is 5.69 Å². The molecule has 1 aliphatic rings. The zero-order valence-corrected chi connectivity index (χ0v) is 12.2. The number of hydrogen-bond donors (Lipinski definition) is 1. The maximum absolute atomic E-state index is 12.4. The molecule has 0 aliphatic carbocycles. The van der Waals surface area contributed by atoms with Crippen molar-refractivity contribution in [3.63, 3.8) is 0 Å². The first kappa shape index (κ1) is 15.0. The van der Waals surface area contributed by atoms with Crippen molar-refractivity contribution in [2.24, 2.45) is 0 Å². The largest absolute Gasteiger partial charge is 0.433 e. The number of benzene rings is 1. The molecule has 2 rings (SSSR count). The molecule has 1 aromatic rings. The van der Waals surface area contributed by atoms with Gasteiger partial charge in [-0.25, -0.2) is 0 Å². The molecule has 0 bridgehead atoms. The van der Waals surface area contributed by atoms with Gasteiger partial charge in [-0.05, 0) is 46.2 Å². The molecular formula is C15H21F2NO2. The Kier molecular flexibility index (Phi) is 3.91. The fraction of sp³-hybridized carbons (Fsp3) is 0.600. The summed E-state index contributed by atoms with van der Waals surface area (Å²) in [6.07, 6.45) is 0.795. The average Bonchev–Trinajstić information content (AvgIpc) is 2.48. The highest BCUT2D eigenvalue weighted by atomic mass is 19.3. The van der Waals surface area contributed by atoms with Crippen LogP contribution in [0.1, 0.15) is 34.1 Å². The minimum absolute atomic E-state index is 0.0277.